The topological polar surface area (TPSA) is 26.3 Å². The lowest BCUT2D eigenvalue weighted by Crippen LogP contribution is -1.94. The third-order valence-corrected chi connectivity index (χ3v) is 3.83. The summed E-state index contributed by atoms with van der Waals surface area (Å²) < 4.78 is 5.25. The number of methoxy groups -OCH3 is 1. The fourth-order valence-electron chi connectivity index (χ4n) is 1.93. The molecular weight excluding hydrogens is 256 g/mol. The van der Waals surface area contributed by atoms with Crippen LogP contribution in [0.3, 0.4) is 0 Å². The van der Waals surface area contributed by atoms with Crippen LogP contribution in [0.25, 0.3) is 6.08 Å². The van der Waals surface area contributed by atoms with E-state index in [1.807, 2.05) is 44.2 Å². The van der Waals surface area contributed by atoms with Gasteiger partial charge in [0.25, 0.3) is 0 Å². The Balaban J connectivity index is 2.23. The number of carbonyl (C=O) groups is 1. The van der Waals surface area contributed by atoms with Crippen molar-refractivity contribution in [3.8, 4) is 5.75 Å². The summed E-state index contributed by atoms with van der Waals surface area (Å²) >= 11 is 1.65. The summed E-state index contributed by atoms with van der Waals surface area (Å²) in [7, 11) is 1.63. The first-order valence-corrected chi connectivity index (χ1v) is 6.86. The number of benzene rings is 1. The van der Waals surface area contributed by atoms with Gasteiger partial charge in [-0.05, 0) is 38.1 Å². The number of hydrogen-bond donors (Lipinski definition) is 0. The van der Waals surface area contributed by atoms with E-state index in [2.05, 4.69) is 0 Å². The van der Waals surface area contributed by atoms with E-state index >= 15 is 0 Å². The first-order valence-electron chi connectivity index (χ1n) is 6.04. The monoisotopic (exact) mass is 272 g/mol. The van der Waals surface area contributed by atoms with Crippen LogP contribution in [0.1, 0.15) is 25.7 Å². The van der Waals surface area contributed by atoms with E-state index in [4.69, 9.17) is 4.74 Å². The number of ketones is 1. The summed E-state index contributed by atoms with van der Waals surface area (Å²) in [5, 5.41) is 0. The van der Waals surface area contributed by atoms with Gasteiger partial charge in [0.1, 0.15) is 5.75 Å². The van der Waals surface area contributed by atoms with Crippen molar-refractivity contribution in [1.29, 1.82) is 0 Å². The molecule has 2 rings (SSSR count). The Bertz CT molecular complexity index is 623. The van der Waals surface area contributed by atoms with Crippen LogP contribution in [0.2, 0.25) is 0 Å². The van der Waals surface area contributed by atoms with Gasteiger partial charge < -0.3 is 4.74 Å². The van der Waals surface area contributed by atoms with Crippen molar-refractivity contribution in [2.24, 2.45) is 0 Å². The maximum atomic E-state index is 12.1. The molecule has 0 saturated heterocycles. The molecule has 0 atom stereocenters. The minimum absolute atomic E-state index is 0.0350. The van der Waals surface area contributed by atoms with Gasteiger partial charge in [-0.25, -0.2) is 0 Å². The van der Waals surface area contributed by atoms with Crippen LogP contribution in [-0.4, -0.2) is 12.9 Å². The highest BCUT2D eigenvalue weighted by Gasteiger charge is 2.09. The van der Waals surface area contributed by atoms with Crippen molar-refractivity contribution in [3.63, 3.8) is 0 Å². The number of para-hydroxylation sites is 1. The molecule has 0 saturated carbocycles. The third kappa shape index (κ3) is 3.12. The van der Waals surface area contributed by atoms with Crippen LogP contribution in [0.5, 0.6) is 5.75 Å². The molecule has 0 bridgehead atoms. The zero-order chi connectivity index (χ0) is 13.8. The van der Waals surface area contributed by atoms with Gasteiger partial charge in [-0.2, -0.15) is 0 Å². The molecule has 0 unspecified atom stereocenters. The van der Waals surface area contributed by atoms with Gasteiger partial charge in [0.15, 0.2) is 5.78 Å². The average molecular weight is 272 g/mol. The molecule has 0 aliphatic carbocycles. The highest BCUT2D eigenvalue weighted by molar-refractivity contribution is 7.12. The Hall–Kier alpha value is -1.87. The zero-order valence-electron chi connectivity index (χ0n) is 11.3. The molecule has 1 aromatic heterocycles. The Morgan fingerprint density at radius 2 is 2.00 bits per heavy atom. The quantitative estimate of drug-likeness (QED) is 0.613. The summed E-state index contributed by atoms with van der Waals surface area (Å²) in [6.07, 6.45) is 3.40. The minimum Gasteiger partial charge on any atom is -0.496 e. The molecule has 0 aliphatic heterocycles. The molecule has 0 amide bonds. The van der Waals surface area contributed by atoms with Gasteiger partial charge in [-0.3, -0.25) is 4.79 Å². The Kier molecular flexibility index (Phi) is 4.17. The van der Waals surface area contributed by atoms with Crippen molar-refractivity contribution in [1.82, 2.24) is 0 Å². The van der Waals surface area contributed by atoms with E-state index in [0.29, 0.717) is 0 Å². The molecule has 3 heteroatoms. The summed E-state index contributed by atoms with van der Waals surface area (Å²) in [6.45, 7) is 3.99. The second-order valence-corrected chi connectivity index (χ2v) is 5.73. The molecule has 0 N–H and O–H groups in total. The summed E-state index contributed by atoms with van der Waals surface area (Å²) in [5.74, 6) is 0.803. The molecule has 1 aromatic carbocycles. The van der Waals surface area contributed by atoms with Crippen LogP contribution in [0, 0.1) is 13.8 Å². The number of rotatable bonds is 4. The lowest BCUT2D eigenvalue weighted by Gasteiger charge is -2.03. The minimum atomic E-state index is 0.0350. The number of allylic oxidation sites excluding steroid dienone is 1. The zero-order valence-corrected chi connectivity index (χ0v) is 12.1. The molecule has 0 fully saturated rings. The maximum Gasteiger partial charge on any atom is 0.186 e. The number of ether oxygens (including phenoxy) is 1. The molecular formula is C16H16O2S. The fraction of sp³-hybridized carbons (Fsp3) is 0.188. The summed E-state index contributed by atoms with van der Waals surface area (Å²) in [5.41, 5.74) is 1.69. The molecule has 19 heavy (non-hydrogen) atoms. The summed E-state index contributed by atoms with van der Waals surface area (Å²) in [4.78, 5) is 14.4. The number of aryl methyl sites for hydroxylation is 2. The average Bonchev–Trinajstić information content (AvgIpc) is 2.75. The van der Waals surface area contributed by atoms with E-state index < -0.39 is 0 Å². The van der Waals surface area contributed by atoms with Crippen LogP contribution < -0.4 is 4.74 Å². The van der Waals surface area contributed by atoms with E-state index in [1.165, 1.54) is 0 Å². The third-order valence-electron chi connectivity index (χ3n) is 2.86. The molecule has 2 aromatic rings. The lowest BCUT2D eigenvalue weighted by molar-refractivity contribution is 0.104. The van der Waals surface area contributed by atoms with Crippen molar-refractivity contribution >= 4 is 23.2 Å². The second-order valence-electron chi connectivity index (χ2n) is 4.27. The lowest BCUT2D eigenvalue weighted by atomic mass is 10.1. The van der Waals surface area contributed by atoms with Crippen LogP contribution in [0.15, 0.2) is 36.4 Å². The largest absolute Gasteiger partial charge is 0.496 e. The molecule has 2 nitrogen and oxygen atoms in total. The smallest absolute Gasteiger partial charge is 0.186 e. The second kappa shape index (κ2) is 5.85. The molecule has 98 valence electrons. The predicted molar refractivity (Wildman–Crippen MR) is 80.2 cm³/mol. The maximum absolute atomic E-state index is 12.1. The van der Waals surface area contributed by atoms with E-state index in [9.17, 15) is 4.79 Å². The van der Waals surface area contributed by atoms with Gasteiger partial charge in [0.05, 0.1) is 7.11 Å². The first kappa shape index (κ1) is 13.6. The van der Waals surface area contributed by atoms with Gasteiger partial charge in [0.2, 0.25) is 0 Å². The van der Waals surface area contributed by atoms with Crippen molar-refractivity contribution in [3.05, 3.63) is 57.3 Å². The summed E-state index contributed by atoms with van der Waals surface area (Å²) in [6, 6.07) is 9.57. The Morgan fingerprint density at radius 3 is 2.63 bits per heavy atom. The first-order chi connectivity index (χ1) is 9.11. The highest BCUT2D eigenvalue weighted by atomic mass is 32.1. The van der Waals surface area contributed by atoms with E-state index in [0.717, 1.165) is 26.6 Å². The van der Waals surface area contributed by atoms with Gasteiger partial charge in [0, 0.05) is 20.9 Å². The van der Waals surface area contributed by atoms with Gasteiger partial charge in [-0.15, -0.1) is 11.3 Å². The van der Waals surface area contributed by atoms with Crippen molar-refractivity contribution in [2.45, 2.75) is 13.8 Å². The van der Waals surface area contributed by atoms with Gasteiger partial charge >= 0.3 is 0 Å². The number of carbonyl (C=O) groups excluding carboxylic acids is 1. The molecule has 0 radical (unpaired) electrons. The normalized spacial score (nSPS) is 10.9. The van der Waals surface area contributed by atoms with Crippen molar-refractivity contribution < 1.29 is 9.53 Å². The Labute approximate surface area is 117 Å². The van der Waals surface area contributed by atoms with Crippen molar-refractivity contribution in [2.75, 3.05) is 7.11 Å². The SMILES string of the molecule is COc1ccccc1C=CC(=O)c1cc(C)sc1C. The Morgan fingerprint density at radius 1 is 1.26 bits per heavy atom. The van der Waals surface area contributed by atoms with Crippen LogP contribution in [-0.2, 0) is 0 Å². The standard InChI is InChI=1S/C16H16O2S/c1-11-10-14(12(2)19-11)15(17)9-8-13-6-4-5-7-16(13)18-3/h4-10H,1-3H3. The highest BCUT2D eigenvalue weighted by Crippen LogP contribution is 2.23. The van der Waals surface area contributed by atoms with Crippen LogP contribution in [0.4, 0.5) is 0 Å². The molecule has 0 aliphatic rings. The predicted octanol–water partition coefficient (Wildman–Crippen LogP) is 4.27. The molecule has 0 spiro atoms. The van der Waals surface area contributed by atoms with E-state index in [1.54, 1.807) is 30.6 Å². The van der Waals surface area contributed by atoms with Crippen LogP contribution >= 0.6 is 11.3 Å². The fourth-order valence-corrected chi connectivity index (χ4v) is 2.86. The number of hydrogen-bond acceptors (Lipinski definition) is 3. The van der Waals surface area contributed by atoms with Gasteiger partial charge in [-0.1, -0.05) is 18.2 Å². The molecule has 1 heterocycles. The van der Waals surface area contributed by atoms with E-state index in [-0.39, 0.29) is 5.78 Å². The number of thiophene rings is 1.